The van der Waals surface area contributed by atoms with Crippen LogP contribution in [0.4, 0.5) is 0 Å². The van der Waals surface area contributed by atoms with Crippen molar-refractivity contribution in [1.82, 2.24) is 14.9 Å². The summed E-state index contributed by atoms with van der Waals surface area (Å²) >= 11 is 3.30. The summed E-state index contributed by atoms with van der Waals surface area (Å²) in [7, 11) is 3.53. The third-order valence-corrected chi connectivity index (χ3v) is 7.93. The number of hydrogen-bond acceptors (Lipinski definition) is 6. The van der Waals surface area contributed by atoms with Crippen LogP contribution in [-0.4, -0.2) is 40.7 Å². The van der Waals surface area contributed by atoms with Gasteiger partial charge in [0.1, 0.15) is 21.9 Å². The summed E-state index contributed by atoms with van der Waals surface area (Å²) in [5.74, 6) is 1.32. The third-order valence-electron chi connectivity index (χ3n) is 5.76. The first kappa shape index (κ1) is 20.3. The molecular formula is C24H23N3O2S2. The molecule has 2 aromatic carbocycles. The third kappa shape index (κ3) is 4.00. The van der Waals surface area contributed by atoms with Crippen LogP contribution in [0, 0.1) is 0 Å². The molecule has 2 aromatic heterocycles. The number of aromatic nitrogens is 2. The lowest BCUT2D eigenvalue weighted by Crippen LogP contribution is -2.27. The fourth-order valence-corrected chi connectivity index (χ4v) is 6.37. The van der Waals surface area contributed by atoms with Crippen molar-refractivity contribution < 1.29 is 9.53 Å². The molecular weight excluding hydrogens is 426 g/mol. The quantitative estimate of drug-likeness (QED) is 0.303. The molecule has 0 saturated carbocycles. The SMILES string of the molecule is COc1ccc2cc(CN(C)C(=O)CSc3ncnc4sc5c(c34)CCC5)ccc2c1. The smallest absolute Gasteiger partial charge is 0.233 e. The van der Waals surface area contributed by atoms with Crippen molar-refractivity contribution >= 4 is 50.0 Å². The molecule has 0 atom stereocenters. The van der Waals surface area contributed by atoms with Gasteiger partial charge in [-0.2, -0.15) is 0 Å². The lowest BCUT2D eigenvalue weighted by Gasteiger charge is -2.17. The van der Waals surface area contributed by atoms with E-state index in [4.69, 9.17) is 4.74 Å². The first-order valence-electron chi connectivity index (χ1n) is 10.3. The second kappa shape index (κ2) is 8.48. The van der Waals surface area contributed by atoms with Gasteiger partial charge in [0, 0.05) is 23.9 Å². The number of thiophene rings is 1. The van der Waals surface area contributed by atoms with Crippen LogP contribution in [0.25, 0.3) is 21.0 Å². The summed E-state index contributed by atoms with van der Waals surface area (Å²) in [5, 5.41) is 4.38. The highest BCUT2D eigenvalue weighted by Crippen LogP contribution is 2.40. The number of aryl methyl sites for hydroxylation is 2. The van der Waals surface area contributed by atoms with Crippen molar-refractivity contribution in [1.29, 1.82) is 0 Å². The molecule has 1 aliphatic carbocycles. The highest BCUT2D eigenvalue weighted by molar-refractivity contribution is 8.00. The first-order valence-corrected chi connectivity index (χ1v) is 12.1. The number of methoxy groups -OCH3 is 1. The highest BCUT2D eigenvalue weighted by Gasteiger charge is 2.22. The number of rotatable bonds is 6. The molecule has 5 rings (SSSR count). The van der Waals surface area contributed by atoms with E-state index in [9.17, 15) is 4.79 Å². The molecule has 7 heteroatoms. The van der Waals surface area contributed by atoms with Gasteiger partial charge < -0.3 is 9.64 Å². The molecule has 0 radical (unpaired) electrons. The minimum absolute atomic E-state index is 0.0958. The van der Waals surface area contributed by atoms with E-state index in [0.29, 0.717) is 12.3 Å². The predicted octanol–water partition coefficient (Wildman–Crippen LogP) is 5.09. The Balaban J connectivity index is 1.27. The summed E-state index contributed by atoms with van der Waals surface area (Å²) in [6.45, 7) is 0.578. The van der Waals surface area contributed by atoms with E-state index in [-0.39, 0.29) is 5.91 Å². The Labute approximate surface area is 189 Å². The van der Waals surface area contributed by atoms with Crippen molar-refractivity contribution in [3.63, 3.8) is 0 Å². The van der Waals surface area contributed by atoms with Crippen molar-refractivity contribution in [2.24, 2.45) is 0 Å². The van der Waals surface area contributed by atoms with E-state index in [0.717, 1.165) is 44.8 Å². The summed E-state index contributed by atoms with van der Waals surface area (Å²) in [6, 6.07) is 12.3. The number of carbonyl (C=O) groups excluding carboxylic acids is 1. The Kier molecular flexibility index (Phi) is 5.54. The molecule has 5 nitrogen and oxygen atoms in total. The maximum Gasteiger partial charge on any atom is 0.233 e. The van der Waals surface area contributed by atoms with Crippen LogP contribution in [0.15, 0.2) is 47.8 Å². The van der Waals surface area contributed by atoms with Gasteiger partial charge in [0.25, 0.3) is 0 Å². The number of carbonyl (C=O) groups is 1. The molecule has 31 heavy (non-hydrogen) atoms. The maximum atomic E-state index is 12.8. The van der Waals surface area contributed by atoms with Gasteiger partial charge in [-0.15, -0.1) is 11.3 Å². The summed E-state index contributed by atoms with van der Waals surface area (Å²) in [4.78, 5) is 26.0. The number of nitrogens with zero attached hydrogens (tertiary/aromatic N) is 3. The normalized spacial score (nSPS) is 13.0. The van der Waals surface area contributed by atoms with E-state index in [2.05, 4.69) is 34.2 Å². The molecule has 1 amide bonds. The van der Waals surface area contributed by atoms with E-state index in [1.54, 1.807) is 29.7 Å². The molecule has 0 fully saturated rings. The minimum Gasteiger partial charge on any atom is -0.497 e. The molecule has 0 saturated heterocycles. The minimum atomic E-state index is 0.0958. The predicted molar refractivity (Wildman–Crippen MR) is 127 cm³/mol. The Morgan fingerprint density at radius 2 is 2.00 bits per heavy atom. The zero-order valence-electron chi connectivity index (χ0n) is 17.6. The molecule has 2 heterocycles. The van der Waals surface area contributed by atoms with Gasteiger partial charge in [0.05, 0.1) is 12.9 Å². The molecule has 0 aliphatic heterocycles. The number of amides is 1. The van der Waals surface area contributed by atoms with Gasteiger partial charge in [0.2, 0.25) is 5.91 Å². The van der Waals surface area contributed by atoms with E-state index in [1.165, 1.54) is 34.0 Å². The van der Waals surface area contributed by atoms with Gasteiger partial charge in [-0.25, -0.2) is 9.97 Å². The Bertz CT molecular complexity index is 1280. The number of ether oxygens (including phenoxy) is 1. The van der Waals surface area contributed by atoms with E-state index < -0.39 is 0 Å². The van der Waals surface area contributed by atoms with Crippen molar-refractivity contribution in [2.45, 2.75) is 30.8 Å². The van der Waals surface area contributed by atoms with Crippen LogP contribution in [0.3, 0.4) is 0 Å². The average molecular weight is 450 g/mol. The fourth-order valence-electron chi connectivity index (χ4n) is 4.11. The highest BCUT2D eigenvalue weighted by atomic mass is 32.2. The summed E-state index contributed by atoms with van der Waals surface area (Å²) in [6.07, 6.45) is 5.06. The van der Waals surface area contributed by atoms with E-state index >= 15 is 0 Å². The number of fused-ring (bicyclic) bond motifs is 4. The van der Waals surface area contributed by atoms with Gasteiger partial charge in [-0.05, 0) is 59.4 Å². The van der Waals surface area contributed by atoms with Gasteiger partial charge >= 0.3 is 0 Å². The van der Waals surface area contributed by atoms with Crippen molar-refractivity contribution in [3.8, 4) is 5.75 Å². The number of hydrogen-bond donors (Lipinski definition) is 0. The topological polar surface area (TPSA) is 55.3 Å². The van der Waals surface area contributed by atoms with E-state index in [1.807, 2.05) is 19.2 Å². The molecule has 4 aromatic rings. The maximum absolute atomic E-state index is 12.8. The number of benzene rings is 2. The van der Waals surface area contributed by atoms with Gasteiger partial charge in [-0.1, -0.05) is 30.0 Å². The second-order valence-electron chi connectivity index (χ2n) is 7.80. The lowest BCUT2D eigenvalue weighted by molar-refractivity contribution is -0.127. The van der Waals surface area contributed by atoms with Gasteiger partial charge in [0.15, 0.2) is 0 Å². The largest absolute Gasteiger partial charge is 0.497 e. The zero-order chi connectivity index (χ0) is 21.4. The molecule has 0 unspecified atom stereocenters. The zero-order valence-corrected chi connectivity index (χ0v) is 19.2. The van der Waals surface area contributed by atoms with Crippen molar-refractivity contribution in [2.75, 3.05) is 19.9 Å². The molecule has 158 valence electrons. The first-order chi connectivity index (χ1) is 15.1. The molecule has 0 N–H and O–H groups in total. The Morgan fingerprint density at radius 3 is 2.87 bits per heavy atom. The second-order valence-corrected chi connectivity index (χ2v) is 9.85. The van der Waals surface area contributed by atoms with Crippen LogP contribution < -0.4 is 4.74 Å². The monoisotopic (exact) mass is 449 g/mol. The average Bonchev–Trinajstić information content (AvgIpc) is 3.38. The van der Waals surface area contributed by atoms with Crippen LogP contribution in [0.1, 0.15) is 22.4 Å². The summed E-state index contributed by atoms with van der Waals surface area (Å²) < 4.78 is 5.29. The fraction of sp³-hybridized carbons (Fsp3) is 0.292. The number of thioether (sulfide) groups is 1. The van der Waals surface area contributed by atoms with Crippen molar-refractivity contribution in [3.05, 3.63) is 58.7 Å². The van der Waals surface area contributed by atoms with Crippen LogP contribution in [0.5, 0.6) is 5.75 Å². The standard InChI is InChI=1S/C24H23N3O2S2/c1-27(12-15-6-7-17-11-18(29-2)9-8-16(17)10-15)21(28)13-30-23-22-19-4-3-5-20(19)31-24(22)26-14-25-23/h6-11,14H,3-5,12-13H2,1-2H3. The van der Waals surface area contributed by atoms with Crippen LogP contribution in [-0.2, 0) is 24.2 Å². The van der Waals surface area contributed by atoms with Gasteiger partial charge in [-0.3, -0.25) is 4.79 Å². The molecule has 0 spiro atoms. The van der Waals surface area contributed by atoms with Crippen LogP contribution >= 0.6 is 23.1 Å². The summed E-state index contributed by atoms with van der Waals surface area (Å²) in [5.41, 5.74) is 2.51. The molecule has 1 aliphatic rings. The molecule has 0 bridgehead atoms. The van der Waals surface area contributed by atoms with Crippen LogP contribution in [0.2, 0.25) is 0 Å². The Hall–Kier alpha value is -2.64. The lowest BCUT2D eigenvalue weighted by atomic mass is 10.1. The Morgan fingerprint density at radius 1 is 1.16 bits per heavy atom.